The average molecular weight is 257 g/mol. The fourth-order valence-electron chi connectivity index (χ4n) is 1.59. The molecule has 0 aliphatic carbocycles. The molecule has 1 aromatic rings. The van der Waals surface area contributed by atoms with Gasteiger partial charge in [-0.3, -0.25) is 0 Å². The summed E-state index contributed by atoms with van der Waals surface area (Å²) in [7, 11) is 0. The van der Waals surface area contributed by atoms with Crippen LogP contribution in [-0.2, 0) is 17.8 Å². The summed E-state index contributed by atoms with van der Waals surface area (Å²) in [6, 6.07) is 0. The number of thioether (sulfide) groups is 1. The monoisotopic (exact) mass is 257 g/mol. The number of cyclic esters (lactones) is 1. The van der Waals surface area contributed by atoms with Crippen LogP contribution in [0.15, 0.2) is 5.16 Å². The van der Waals surface area contributed by atoms with E-state index >= 15 is 0 Å². The Balaban J connectivity index is 1.94. The van der Waals surface area contributed by atoms with E-state index in [1.165, 1.54) is 11.8 Å². The Morgan fingerprint density at radius 3 is 3.06 bits per heavy atom. The van der Waals surface area contributed by atoms with Crippen molar-refractivity contribution in [3.8, 4) is 0 Å². The molecular weight excluding hydrogens is 242 g/mol. The second-order valence-corrected chi connectivity index (χ2v) is 4.55. The average Bonchev–Trinajstić information content (AvgIpc) is 2.91. The molecule has 0 aromatic carbocycles. The van der Waals surface area contributed by atoms with Gasteiger partial charge in [0.25, 0.3) is 0 Å². The number of carbonyl (C=O) groups excluding carboxylic acids is 1. The third-order valence-corrected chi connectivity index (χ3v) is 3.54. The van der Waals surface area contributed by atoms with Crippen molar-refractivity contribution in [1.82, 2.24) is 20.1 Å². The Labute approximate surface area is 103 Å². The quantitative estimate of drug-likeness (QED) is 0.718. The van der Waals surface area contributed by atoms with Crippen LogP contribution in [0.25, 0.3) is 0 Å². The van der Waals surface area contributed by atoms with E-state index in [1.54, 1.807) is 0 Å². The van der Waals surface area contributed by atoms with E-state index in [2.05, 4.69) is 15.5 Å². The van der Waals surface area contributed by atoms with Gasteiger partial charge in [0.05, 0.1) is 13.1 Å². The van der Waals surface area contributed by atoms with Crippen LogP contribution in [0.2, 0.25) is 0 Å². The Morgan fingerprint density at radius 1 is 1.65 bits per heavy atom. The minimum absolute atomic E-state index is 0.101. The lowest BCUT2D eigenvalue weighted by Gasteiger charge is -2.08. The molecule has 1 unspecified atom stereocenters. The van der Waals surface area contributed by atoms with Crippen molar-refractivity contribution in [2.24, 2.45) is 5.73 Å². The van der Waals surface area contributed by atoms with Crippen molar-refractivity contribution in [1.29, 1.82) is 0 Å². The van der Waals surface area contributed by atoms with E-state index in [0.29, 0.717) is 18.8 Å². The Morgan fingerprint density at radius 2 is 2.47 bits per heavy atom. The van der Waals surface area contributed by atoms with Crippen molar-refractivity contribution in [3.05, 3.63) is 5.82 Å². The summed E-state index contributed by atoms with van der Waals surface area (Å²) in [5, 5.41) is 11.5. The summed E-state index contributed by atoms with van der Waals surface area (Å²) in [5.41, 5.74) is 5.56. The number of nitrogens with one attached hydrogen (secondary N) is 1. The van der Waals surface area contributed by atoms with Crippen LogP contribution in [-0.4, -0.2) is 39.3 Å². The number of nitrogens with two attached hydrogens (primary N) is 1. The maximum atomic E-state index is 10.8. The zero-order chi connectivity index (χ0) is 12.3. The van der Waals surface area contributed by atoms with Crippen LogP contribution in [0.4, 0.5) is 4.79 Å². The van der Waals surface area contributed by atoms with Gasteiger partial charge in [-0.25, -0.2) is 4.79 Å². The van der Waals surface area contributed by atoms with Crippen molar-refractivity contribution >= 4 is 17.9 Å². The minimum atomic E-state index is -0.352. The molecule has 17 heavy (non-hydrogen) atoms. The highest BCUT2D eigenvalue weighted by Gasteiger charge is 2.23. The van der Waals surface area contributed by atoms with Crippen LogP contribution in [0.5, 0.6) is 0 Å². The van der Waals surface area contributed by atoms with Gasteiger partial charge in [-0.2, -0.15) is 0 Å². The first-order chi connectivity index (χ1) is 8.24. The summed E-state index contributed by atoms with van der Waals surface area (Å²) >= 11 is 1.52. The first kappa shape index (κ1) is 12.2. The van der Waals surface area contributed by atoms with Gasteiger partial charge in [0, 0.05) is 12.3 Å². The summed E-state index contributed by atoms with van der Waals surface area (Å²) in [4.78, 5) is 10.8. The Hall–Kier alpha value is -1.28. The van der Waals surface area contributed by atoms with E-state index in [-0.39, 0.29) is 12.2 Å². The van der Waals surface area contributed by atoms with Crippen LogP contribution < -0.4 is 11.1 Å². The number of nitrogens with zero attached hydrogens (tertiary/aromatic N) is 3. The largest absolute Gasteiger partial charge is 0.443 e. The van der Waals surface area contributed by atoms with Gasteiger partial charge < -0.3 is 20.4 Å². The zero-order valence-corrected chi connectivity index (χ0v) is 10.4. The van der Waals surface area contributed by atoms with Gasteiger partial charge in [0.1, 0.15) is 11.9 Å². The number of ether oxygens (including phenoxy) is 1. The van der Waals surface area contributed by atoms with Crippen molar-refractivity contribution in [2.75, 3.05) is 12.3 Å². The van der Waals surface area contributed by atoms with E-state index in [0.717, 1.165) is 17.5 Å². The predicted molar refractivity (Wildman–Crippen MR) is 62.6 cm³/mol. The van der Waals surface area contributed by atoms with E-state index in [1.807, 2.05) is 11.5 Å². The molecule has 1 amide bonds. The number of rotatable bonds is 5. The first-order valence-corrected chi connectivity index (χ1v) is 6.42. The van der Waals surface area contributed by atoms with Crippen LogP contribution >= 0.6 is 11.8 Å². The summed E-state index contributed by atoms with van der Waals surface area (Å²) in [6.07, 6.45) is -0.453. The molecular formula is C9H15N5O2S. The highest BCUT2D eigenvalue weighted by Crippen LogP contribution is 2.19. The summed E-state index contributed by atoms with van der Waals surface area (Å²) in [5.74, 6) is 1.44. The number of hydrogen-bond acceptors (Lipinski definition) is 6. The molecule has 1 fully saturated rings. The van der Waals surface area contributed by atoms with Gasteiger partial charge in [-0.1, -0.05) is 11.8 Å². The normalized spacial score (nSPS) is 19.2. The molecule has 94 valence electrons. The number of alkyl carbamates (subject to hydrolysis) is 1. The third-order valence-electron chi connectivity index (χ3n) is 2.44. The molecule has 1 atom stereocenters. The molecule has 1 aromatic heterocycles. The number of hydrogen-bond donors (Lipinski definition) is 2. The van der Waals surface area contributed by atoms with Gasteiger partial charge in [-0.15, -0.1) is 10.2 Å². The topological polar surface area (TPSA) is 95.1 Å². The first-order valence-electron chi connectivity index (χ1n) is 5.44. The van der Waals surface area contributed by atoms with Gasteiger partial charge >= 0.3 is 6.09 Å². The third kappa shape index (κ3) is 2.70. The van der Waals surface area contributed by atoms with Crippen LogP contribution in [0.3, 0.4) is 0 Å². The van der Waals surface area contributed by atoms with Crippen LogP contribution in [0.1, 0.15) is 12.7 Å². The van der Waals surface area contributed by atoms with E-state index in [9.17, 15) is 4.79 Å². The molecule has 8 heteroatoms. The fraction of sp³-hybridized carbons (Fsp3) is 0.667. The number of amides is 1. The molecule has 2 heterocycles. The van der Waals surface area contributed by atoms with Crippen molar-refractivity contribution in [3.63, 3.8) is 0 Å². The molecule has 3 N–H and O–H groups in total. The molecule has 0 radical (unpaired) electrons. The van der Waals surface area contributed by atoms with Crippen LogP contribution in [0, 0.1) is 0 Å². The van der Waals surface area contributed by atoms with E-state index in [4.69, 9.17) is 10.5 Å². The molecule has 2 rings (SSSR count). The minimum Gasteiger partial charge on any atom is -0.443 e. The smallest absolute Gasteiger partial charge is 0.407 e. The Kier molecular flexibility index (Phi) is 3.85. The summed E-state index contributed by atoms with van der Waals surface area (Å²) in [6.45, 7) is 3.73. The molecule has 7 nitrogen and oxygen atoms in total. The number of carbonyl (C=O) groups is 1. The Bertz CT molecular complexity index is 408. The molecule has 0 bridgehead atoms. The fourth-order valence-corrected chi connectivity index (χ4v) is 2.60. The number of aromatic nitrogens is 3. The highest BCUT2D eigenvalue weighted by molar-refractivity contribution is 7.99. The maximum absolute atomic E-state index is 10.8. The van der Waals surface area contributed by atoms with Gasteiger partial charge in [0.2, 0.25) is 0 Å². The summed E-state index contributed by atoms with van der Waals surface area (Å²) < 4.78 is 7.00. The zero-order valence-electron chi connectivity index (χ0n) is 9.55. The molecule has 1 aliphatic heterocycles. The molecule has 0 spiro atoms. The van der Waals surface area contributed by atoms with E-state index < -0.39 is 0 Å². The standard InChI is InChI=1S/C9H15N5O2S/c1-2-14-7(3-10)12-13-8(14)17-5-6-4-11-9(15)16-6/h6H,2-5,10H2,1H3,(H,11,15). The highest BCUT2D eigenvalue weighted by atomic mass is 32.2. The lowest BCUT2D eigenvalue weighted by Crippen LogP contribution is -2.17. The second kappa shape index (κ2) is 5.37. The van der Waals surface area contributed by atoms with Crippen molar-refractivity contribution in [2.45, 2.75) is 31.3 Å². The molecule has 1 saturated heterocycles. The van der Waals surface area contributed by atoms with Crippen molar-refractivity contribution < 1.29 is 9.53 Å². The van der Waals surface area contributed by atoms with Gasteiger partial charge in [0.15, 0.2) is 5.16 Å². The molecule has 0 saturated carbocycles. The SMILES string of the molecule is CCn1c(CN)nnc1SCC1CNC(=O)O1. The van der Waals surface area contributed by atoms with Gasteiger partial charge in [-0.05, 0) is 6.92 Å². The lowest BCUT2D eigenvalue weighted by atomic mass is 10.4. The maximum Gasteiger partial charge on any atom is 0.407 e. The second-order valence-electron chi connectivity index (χ2n) is 3.57. The molecule has 1 aliphatic rings. The lowest BCUT2D eigenvalue weighted by molar-refractivity contribution is 0.150. The predicted octanol–water partition coefficient (Wildman–Crippen LogP) is -0.0428.